The molecule has 0 aliphatic carbocycles. The van der Waals surface area contributed by atoms with E-state index in [2.05, 4.69) is 0 Å². The van der Waals surface area contributed by atoms with Gasteiger partial charge in [-0.15, -0.1) is 0 Å². The largest absolute Gasteiger partial charge is 0.490 e. The van der Waals surface area contributed by atoms with E-state index in [-0.39, 0.29) is 0 Å². The van der Waals surface area contributed by atoms with E-state index in [1.807, 2.05) is 42.5 Å². The Morgan fingerprint density at radius 2 is 1.58 bits per heavy atom. The summed E-state index contributed by atoms with van der Waals surface area (Å²) in [7, 11) is 0. The number of halogens is 1. The van der Waals surface area contributed by atoms with Gasteiger partial charge in [-0.1, -0.05) is 35.9 Å². The Morgan fingerprint density at radius 3 is 2.26 bits per heavy atom. The molecule has 0 aliphatic rings. The molecule has 2 aromatic rings. The molecule has 0 heterocycles. The molecule has 0 saturated carbocycles. The van der Waals surface area contributed by atoms with Crippen LogP contribution in [0.15, 0.2) is 48.5 Å². The molecule has 2 N–H and O–H groups in total. The van der Waals surface area contributed by atoms with Crippen LogP contribution in [0.5, 0.6) is 11.5 Å². The topological polar surface area (TPSA) is 44.5 Å². The summed E-state index contributed by atoms with van der Waals surface area (Å²) in [4.78, 5) is 0. The summed E-state index contributed by atoms with van der Waals surface area (Å²) in [5, 5.41) is 0.606. The number of rotatable bonds is 6. The summed E-state index contributed by atoms with van der Waals surface area (Å²) in [6.07, 6.45) is 0. The van der Waals surface area contributed by atoms with Crippen LogP contribution in [-0.2, 0) is 6.54 Å². The maximum atomic E-state index is 5.98. The number of benzene rings is 2. The fourth-order valence-corrected chi connectivity index (χ4v) is 1.78. The molecular formula is C15H16ClNO2. The predicted molar refractivity (Wildman–Crippen MR) is 76.8 cm³/mol. The molecular weight excluding hydrogens is 262 g/mol. The third kappa shape index (κ3) is 4.16. The van der Waals surface area contributed by atoms with Crippen molar-refractivity contribution in [1.29, 1.82) is 0 Å². The zero-order valence-electron chi connectivity index (χ0n) is 10.5. The lowest BCUT2D eigenvalue weighted by Gasteiger charge is -2.09. The van der Waals surface area contributed by atoms with E-state index in [0.717, 1.165) is 11.3 Å². The molecule has 0 unspecified atom stereocenters. The molecule has 4 heteroatoms. The predicted octanol–water partition coefficient (Wildman–Crippen LogP) is 3.26. The lowest BCUT2D eigenvalue weighted by Crippen LogP contribution is -2.09. The first-order valence-electron chi connectivity index (χ1n) is 6.09. The minimum Gasteiger partial charge on any atom is -0.490 e. The number of hydrogen-bond donors (Lipinski definition) is 1. The Bertz CT molecular complexity index is 514. The van der Waals surface area contributed by atoms with Gasteiger partial charge in [0.25, 0.3) is 0 Å². The molecule has 0 aromatic heterocycles. The number of nitrogens with two attached hydrogens (primary N) is 1. The average Bonchev–Trinajstić information content (AvgIpc) is 2.46. The van der Waals surface area contributed by atoms with Crippen molar-refractivity contribution in [3.05, 3.63) is 59.1 Å². The van der Waals surface area contributed by atoms with Crippen LogP contribution in [-0.4, -0.2) is 13.2 Å². The second kappa shape index (κ2) is 7.02. The average molecular weight is 278 g/mol. The summed E-state index contributed by atoms with van der Waals surface area (Å²) >= 11 is 5.98. The fraction of sp³-hybridized carbons (Fsp3) is 0.200. The van der Waals surface area contributed by atoms with E-state index in [4.69, 9.17) is 26.8 Å². The van der Waals surface area contributed by atoms with Crippen molar-refractivity contribution in [1.82, 2.24) is 0 Å². The molecule has 0 spiro atoms. The fourth-order valence-electron chi connectivity index (χ4n) is 1.59. The maximum absolute atomic E-state index is 5.98. The highest BCUT2D eigenvalue weighted by molar-refractivity contribution is 6.32. The van der Waals surface area contributed by atoms with Gasteiger partial charge in [0.05, 0.1) is 5.02 Å². The first kappa shape index (κ1) is 13.7. The second-order valence-corrected chi connectivity index (χ2v) is 4.38. The van der Waals surface area contributed by atoms with Crippen molar-refractivity contribution < 1.29 is 9.47 Å². The first-order chi connectivity index (χ1) is 9.29. The number of ether oxygens (including phenoxy) is 2. The van der Waals surface area contributed by atoms with Crippen LogP contribution in [0.3, 0.4) is 0 Å². The van der Waals surface area contributed by atoms with Gasteiger partial charge in [-0.05, 0) is 29.8 Å². The van der Waals surface area contributed by atoms with Gasteiger partial charge in [-0.2, -0.15) is 0 Å². The lowest BCUT2D eigenvalue weighted by atomic mass is 10.2. The van der Waals surface area contributed by atoms with E-state index in [0.29, 0.717) is 30.5 Å². The highest BCUT2D eigenvalue weighted by Gasteiger charge is 1.99. The lowest BCUT2D eigenvalue weighted by molar-refractivity contribution is 0.217. The van der Waals surface area contributed by atoms with Gasteiger partial charge in [-0.3, -0.25) is 0 Å². The molecule has 2 rings (SSSR count). The van der Waals surface area contributed by atoms with Crippen LogP contribution >= 0.6 is 11.6 Å². The van der Waals surface area contributed by atoms with Crippen LogP contribution in [0.4, 0.5) is 0 Å². The zero-order chi connectivity index (χ0) is 13.5. The summed E-state index contributed by atoms with van der Waals surface area (Å²) in [6.45, 7) is 1.45. The highest BCUT2D eigenvalue weighted by Crippen LogP contribution is 2.22. The summed E-state index contributed by atoms with van der Waals surface area (Å²) < 4.78 is 11.1. The normalized spacial score (nSPS) is 10.2. The van der Waals surface area contributed by atoms with Crippen molar-refractivity contribution in [2.75, 3.05) is 13.2 Å². The molecule has 0 aliphatic heterocycles. The van der Waals surface area contributed by atoms with Crippen LogP contribution in [0.25, 0.3) is 0 Å². The van der Waals surface area contributed by atoms with Gasteiger partial charge in [-0.25, -0.2) is 0 Å². The molecule has 0 saturated heterocycles. The van der Waals surface area contributed by atoms with E-state index >= 15 is 0 Å². The van der Waals surface area contributed by atoms with Crippen molar-refractivity contribution in [2.45, 2.75) is 6.54 Å². The molecule has 0 bridgehead atoms. The van der Waals surface area contributed by atoms with Gasteiger partial charge < -0.3 is 15.2 Å². The summed E-state index contributed by atoms with van der Waals surface area (Å²) in [5.41, 5.74) is 6.61. The quantitative estimate of drug-likeness (QED) is 0.825. The van der Waals surface area contributed by atoms with E-state index < -0.39 is 0 Å². The smallest absolute Gasteiger partial charge is 0.138 e. The summed E-state index contributed by atoms with van der Waals surface area (Å²) in [5.74, 6) is 1.48. The van der Waals surface area contributed by atoms with Gasteiger partial charge in [0.2, 0.25) is 0 Å². The standard InChI is InChI=1S/C15H16ClNO2/c16-14-3-1-2-4-15(14)19-10-9-18-13-7-5-12(11-17)6-8-13/h1-8H,9-11,17H2. The molecule has 0 fully saturated rings. The SMILES string of the molecule is NCc1ccc(OCCOc2ccccc2Cl)cc1. The maximum Gasteiger partial charge on any atom is 0.138 e. The van der Waals surface area contributed by atoms with Crippen molar-refractivity contribution in [3.8, 4) is 11.5 Å². The Labute approximate surface area is 117 Å². The molecule has 100 valence electrons. The van der Waals surface area contributed by atoms with Gasteiger partial charge in [0, 0.05) is 6.54 Å². The molecule has 2 aromatic carbocycles. The van der Waals surface area contributed by atoms with Gasteiger partial charge in [0.15, 0.2) is 0 Å². The van der Waals surface area contributed by atoms with Crippen molar-refractivity contribution in [2.24, 2.45) is 5.73 Å². The van der Waals surface area contributed by atoms with Crippen LogP contribution in [0.2, 0.25) is 5.02 Å². The van der Waals surface area contributed by atoms with Crippen molar-refractivity contribution >= 4 is 11.6 Å². The minimum atomic E-state index is 0.447. The number of hydrogen-bond acceptors (Lipinski definition) is 3. The third-order valence-corrected chi connectivity index (χ3v) is 2.92. The third-order valence-electron chi connectivity index (χ3n) is 2.61. The van der Waals surface area contributed by atoms with Crippen LogP contribution in [0.1, 0.15) is 5.56 Å². The van der Waals surface area contributed by atoms with Gasteiger partial charge in [0.1, 0.15) is 24.7 Å². The number of para-hydroxylation sites is 1. The van der Waals surface area contributed by atoms with Gasteiger partial charge >= 0.3 is 0 Å². The van der Waals surface area contributed by atoms with Crippen molar-refractivity contribution in [3.63, 3.8) is 0 Å². The molecule has 0 atom stereocenters. The Balaban J connectivity index is 1.76. The Morgan fingerprint density at radius 1 is 0.895 bits per heavy atom. The summed E-state index contributed by atoms with van der Waals surface area (Å²) in [6, 6.07) is 15.1. The first-order valence-corrected chi connectivity index (χ1v) is 6.46. The van der Waals surface area contributed by atoms with Crippen LogP contribution < -0.4 is 15.2 Å². The zero-order valence-corrected chi connectivity index (χ0v) is 11.3. The monoisotopic (exact) mass is 277 g/mol. The Kier molecular flexibility index (Phi) is 5.07. The van der Waals surface area contributed by atoms with E-state index in [9.17, 15) is 0 Å². The minimum absolute atomic E-state index is 0.447. The van der Waals surface area contributed by atoms with Crippen LogP contribution in [0, 0.1) is 0 Å². The second-order valence-electron chi connectivity index (χ2n) is 3.98. The Hall–Kier alpha value is -1.71. The highest BCUT2D eigenvalue weighted by atomic mass is 35.5. The van der Waals surface area contributed by atoms with E-state index in [1.165, 1.54) is 0 Å². The molecule has 3 nitrogen and oxygen atoms in total. The molecule has 19 heavy (non-hydrogen) atoms. The van der Waals surface area contributed by atoms with E-state index in [1.54, 1.807) is 6.07 Å². The molecule has 0 radical (unpaired) electrons. The molecule has 0 amide bonds.